The van der Waals surface area contributed by atoms with E-state index >= 15 is 0 Å². The Morgan fingerprint density at radius 3 is 2.71 bits per heavy atom. The molecule has 2 nitrogen and oxygen atoms in total. The molecule has 4 heteroatoms. The minimum atomic E-state index is 0.543. The summed E-state index contributed by atoms with van der Waals surface area (Å²) in [5, 5.41) is 0. The monoisotopic (exact) mass is 317 g/mol. The van der Waals surface area contributed by atoms with Gasteiger partial charge in [0.15, 0.2) is 0 Å². The number of hydrogen-bond donors (Lipinski definition) is 0. The molecule has 0 radical (unpaired) electrons. The van der Waals surface area contributed by atoms with Crippen LogP contribution in [0.5, 0.6) is 0 Å². The molecule has 0 atom stereocenters. The molecule has 1 aliphatic heterocycles. The SMILES string of the molecule is CN(c1ccc(CCl)c(Br)c1)C1CCOCC1. The van der Waals surface area contributed by atoms with Gasteiger partial charge in [-0.15, -0.1) is 11.6 Å². The Balaban J connectivity index is 2.12. The number of nitrogens with zero attached hydrogens (tertiary/aromatic N) is 1. The number of anilines is 1. The van der Waals surface area contributed by atoms with Crippen molar-refractivity contribution >= 4 is 33.2 Å². The molecule has 0 amide bonds. The van der Waals surface area contributed by atoms with Crippen LogP contribution >= 0.6 is 27.5 Å². The van der Waals surface area contributed by atoms with Gasteiger partial charge in [0.2, 0.25) is 0 Å². The van der Waals surface area contributed by atoms with Crippen molar-refractivity contribution in [2.75, 3.05) is 25.2 Å². The lowest BCUT2D eigenvalue weighted by Crippen LogP contribution is -2.36. The molecule has 17 heavy (non-hydrogen) atoms. The third kappa shape index (κ3) is 3.15. The highest BCUT2D eigenvalue weighted by Gasteiger charge is 2.19. The smallest absolute Gasteiger partial charge is 0.0485 e. The fourth-order valence-electron chi connectivity index (χ4n) is 2.15. The van der Waals surface area contributed by atoms with Gasteiger partial charge in [-0.1, -0.05) is 22.0 Å². The van der Waals surface area contributed by atoms with Gasteiger partial charge in [0.1, 0.15) is 0 Å². The van der Waals surface area contributed by atoms with E-state index in [1.165, 1.54) is 5.69 Å². The normalized spacial score (nSPS) is 17.1. The third-order valence-corrected chi connectivity index (χ3v) is 4.35. The summed E-state index contributed by atoms with van der Waals surface area (Å²) in [5.74, 6) is 0.543. The summed E-state index contributed by atoms with van der Waals surface area (Å²) in [7, 11) is 2.15. The molecule has 0 N–H and O–H groups in total. The van der Waals surface area contributed by atoms with Crippen LogP contribution in [0.4, 0.5) is 5.69 Å². The number of rotatable bonds is 3. The molecule has 1 fully saturated rings. The molecule has 94 valence electrons. The van der Waals surface area contributed by atoms with Gasteiger partial charge in [-0.25, -0.2) is 0 Å². The summed E-state index contributed by atoms with van der Waals surface area (Å²) in [4.78, 5) is 2.34. The standard InChI is InChI=1S/C13H17BrClNO/c1-16(11-4-6-17-7-5-11)12-3-2-10(9-15)13(14)8-12/h2-3,8,11H,4-7,9H2,1H3. The molecule has 1 aliphatic rings. The van der Waals surface area contributed by atoms with Crippen molar-refractivity contribution in [2.24, 2.45) is 0 Å². The van der Waals surface area contributed by atoms with Crippen LogP contribution < -0.4 is 4.90 Å². The second kappa shape index (κ2) is 6.07. The Morgan fingerprint density at radius 2 is 2.12 bits per heavy atom. The van der Waals surface area contributed by atoms with Crippen molar-refractivity contribution in [1.29, 1.82) is 0 Å². The van der Waals surface area contributed by atoms with Crippen LogP contribution in [-0.2, 0) is 10.6 Å². The molecule has 1 aromatic carbocycles. The van der Waals surface area contributed by atoms with Crippen molar-refractivity contribution < 1.29 is 4.74 Å². The number of hydrogen-bond acceptors (Lipinski definition) is 2. The summed E-state index contributed by atoms with van der Waals surface area (Å²) >= 11 is 9.42. The maximum Gasteiger partial charge on any atom is 0.0485 e. The van der Waals surface area contributed by atoms with Crippen molar-refractivity contribution in [2.45, 2.75) is 24.8 Å². The quantitative estimate of drug-likeness (QED) is 0.786. The molecule has 0 aromatic heterocycles. The van der Waals surface area contributed by atoms with E-state index in [1.54, 1.807) is 0 Å². The lowest BCUT2D eigenvalue weighted by atomic mass is 10.1. The Labute approximate surface area is 116 Å². The summed E-state index contributed by atoms with van der Waals surface area (Å²) in [6.07, 6.45) is 2.21. The van der Waals surface area contributed by atoms with Gasteiger partial charge in [0, 0.05) is 42.3 Å². The molecule has 0 bridgehead atoms. The van der Waals surface area contributed by atoms with Crippen LogP contribution in [0.1, 0.15) is 18.4 Å². The summed E-state index contributed by atoms with van der Waals surface area (Å²) in [5.41, 5.74) is 2.37. The fraction of sp³-hybridized carbons (Fsp3) is 0.538. The zero-order valence-electron chi connectivity index (χ0n) is 9.96. The first-order valence-corrected chi connectivity index (χ1v) is 7.20. The Bertz CT molecular complexity index is 380. The first-order valence-electron chi connectivity index (χ1n) is 5.87. The summed E-state index contributed by atoms with van der Waals surface area (Å²) < 4.78 is 6.48. The average Bonchev–Trinajstić information content (AvgIpc) is 2.39. The summed E-state index contributed by atoms with van der Waals surface area (Å²) in [6.45, 7) is 1.74. The van der Waals surface area contributed by atoms with Crippen LogP contribution in [0.15, 0.2) is 22.7 Å². The lowest BCUT2D eigenvalue weighted by Gasteiger charge is -2.33. The fourth-order valence-corrected chi connectivity index (χ4v) is 3.05. The van der Waals surface area contributed by atoms with Crippen molar-refractivity contribution in [3.63, 3.8) is 0 Å². The molecule has 2 rings (SSSR count). The van der Waals surface area contributed by atoms with Crippen LogP contribution in [0.3, 0.4) is 0 Å². The average molecular weight is 319 g/mol. The van der Waals surface area contributed by atoms with Gasteiger partial charge >= 0.3 is 0 Å². The van der Waals surface area contributed by atoms with E-state index in [0.29, 0.717) is 11.9 Å². The van der Waals surface area contributed by atoms with Gasteiger partial charge in [-0.2, -0.15) is 0 Å². The van der Waals surface area contributed by atoms with E-state index in [9.17, 15) is 0 Å². The maximum absolute atomic E-state index is 5.85. The highest BCUT2D eigenvalue weighted by molar-refractivity contribution is 9.10. The van der Waals surface area contributed by atoms with E-state index < -0.39 is 0 Å². The zero-order valence-corrected chi connectivity index (χ0v) is 12.3. The number of ether oxygens (including phenoxy) is 1. The van der Waals surface area contributed by atoms with Crippen molar-refractivity contribution in [3.8, 4) is 0 Å². The molecule has 1 saturated heterocycles. The van der Waals surface area contributed by atoms with Crippen LogP contribution in [0.25, 0.3) is 0 Å². The van der Waals surface area contributed by atoms with Gasteiger partial charge < -0.3 is 9.64 Å². The van der Waals surface area contributed by atoms with Crippen molar-refractivity contribution in [1.82, 2.24) is 0 Å². The predicted octanol–water partition coefficient (Wildman–Crippen LogP) is 3.80. The number of halogens is 2. The van der Waals surface area contributed by atoms with Crippen LogP contribution in [-0.4, -0.2) is 26.3 Å². The van der Waals surface area contributed by atoms with Crippen LogP contribution in [0, 0.1) is 0 Å². The Kier molecular flexibility index (Phi) is 4.71. The van der Waals surface area contributed by atoms with Gasteiger partial charge in [0.05, 0.1) is 0 Å². The molecular weight excluding hydrogens is 302 g/mol. The van der Waals surface area contributed by atoms with Crippen LogP contribution in [0.2, 0.25) is 0 Å². The van der Waals surface area contributed by atoms with E-state index in [1.807, 2.05) is 0 Å². The van der Waals surface area contributed by atoms with E-state index in [2.05, 4.69) is 46.1 Å². The van der Waals surface area contributed by atoms with E-state index in [-0.39, 0.29) is 0 Å². The minimum absolute atomic E-state index is 0.543. The third-order valence-electron chi connectivity index (χ3n) is 3.33. The topological polar surface area (TPSA) is 12.5 Å². The van der Waals surface area contributed by atoms with Gasteiger partial charge in [-0.3, -0.25) is 0 Å². The second-order valence-electron chi connectivity index (χ2n) is 4.36. The molecule has 0 unspecified atom stereocenters. The van der Waals surface area contributed by atoms with E-state index in [0.717, 1.165) is 36.1 Å². The molecule has 0 aliphatic carbocycles. The number of benzene rings is 1. The van der Waals surface area contributed by atoms with Gasteiger partial charge in [0.25, 0.3) is 0 Å². The maximum atomic E-state index is 5.85. The van der Waals surface area contributed by atoms with Crippen molar-refractivity contribution in [3.05, 3.63) is 28.2 Å². The highest BCUT2D eigenvalue weighted by atomic mass is 79.9. The lowest BCUT2D eigenvalue weighted by molar-refractivity contribution is 0.0855. The summed E-state index contributed by atoms with van der Waals surface area (Å²) in [6, 6.07) is 6.95. The Morgan fingerprint density at radius 1 is 1.41 bits per heavy atom. The molecular formula is C13H17BrClNO. The minimum Gasteiger partial charge on any atom is -0.381 e. The molecule has 1 aromatic rings. The first kappa shape index (κ1) is 13.2. The largest absolute Gasteiger partial charge is 0.381 e. The number of alkyl halides is 1. The Hall–Kier alpha value is -0.250. The van der Waals surface area contributed by atoms with Gasteiger partial charge in [-0.05, 0) is 30.5 Å². The molecule has 1 heterocycles. The molecule has 0 saturated carbocycles. The first-order chi connectivity index (χ1) is 8.22. The predicted molar refractivity (Wildman–Crippen MR) is 75.9 cm³/mol. The zero-order chi connectivity index (χ0) is 12.3. The highest BCUT2D eigenvalue weighted by Crippen LogP contribution is 2.27. The van der Waals surface area contributed by atoms with E-state index in [4.69, 9.17) is 16.3 Å². The molecule has 0 spiro atoms. The second-order valence-corrected chi connectivity index (χ2v) is 5.49.